The van der Waals surface area contributed by atoms with Gasteiger partial charge in [0.15, 0.2) is 5.65 Å². The van der Waals surface area contributed by atoms with Gasteiger partial charge in [0.05, 0.1) is 5.39 Å². The summed E-state index contributed by atoms with van der Waals surface area (Å²) in [7, 11) is 2.87. The molecule has 2 heterocycles. The van der Waals surface area contributed by atoms with Crippen molar-refractivity contribution in [3.63, 3.8) is 0 Å². The number of benzene rings is 1. The first-order valence-electron chi connectivity index (χ1n) is 6.92. The number of nitrogens with two attached hydrogens (primary N) is 1. The van der Waals surface area contributed by atoms with Crippen LogP contribution in [0.15, 0.2) is 33.9 Å². The van der Waals surface area contributed by atoms with Gasteiger partial charge in [-0.1, -0.05) is 23.7 Å². The molecule has 24 heavy (non-hydrogen) atoms. The van der Waals surface area contributed by atoms with Gasteiger partial charge in [-0.05, 0) is 17.7 Å². The van der Waals surface area contributed by atoms with Gasteiger partial charge in [-0.3, -0.25) is 13.9 Å². The van der Waals surface area contributed by atoms with Crippen molar-refractivity contribution in [2.45, 2.75) is 0 Å². The van der Waals surface area contributed by atoms with E-state index in [1.807, 2.05) is 6.07 Å². The summed E-state index contributed by atoms with van der Waals surface area (Å²) in [6.45, 7) is 0. The zero-order valence-electron chi connectivity index (χ0n) is 12.9. The van der Waals surface area contributed by atoms with E-state index in [0.717, 1.165) is 4.57 Å². The predicted octanol–water partition coefficient (Wildman–Crippen LogP) is 1.41. The van der Waals surface area contributed by atoms with Crippen molar-refractivity contribution in [1.82, 2.24) is 14.1 Å². The molecule has 3 aromatic rings. The van der Waals surface area contributed by atoms with Crippen molar-refractivity contribution in [2.24, 2.45) is 14.1 Å². The minimum Gasteiger partial charge on any atom is -0.383 e. The Balaban J connectivity index is 2.65. The molecule has 8 heteroatoms. The lowest BCUT2D eigenvalue weighted by atomic mass is 9.98. The number of nitriles is 1. The molecule has 0 spiro atoms. The molecule has 0 amide bonds. The van der Waals surface area contributed by atoms with E-state index >= 15 is 0 Å². The van der Waals surface area contributed by atoms with E-state index in [1.165, 1.54) is 18.7 Å². The van der Waals surface area contributed by atoms with Crippen LogP contribution in [0, 0.1) is 11.3 Å². The molecule has 2 aromatic heterocycles. The molecule has 0 aliphatic rings. The van der Waals surface area contributed by atoms with Gasteiger partial charge in [0.25, 0.3) is 5.56 Å². The van der Waals surface area contributed by atoms with Crippen molar-refractivity contribution in [3.8, 4) is 17.2 Å². The summed E-state index contributed by atoms with van der Waals surface area (Å²) in [5, 5.41) is 10.2. The Labute approximate surface area is 141 Å². The first-order valence-corrected chi connectivity index (χ1v) is 7.29. The number of hydrogen-bond acceptors (Lipinski definition) is 5. The third-order valence-electron chi connectivity index (χ3n) is 3.86. The first kappa shape index (κ1) is 15.8. The maximum absolute atomic E-state index is 12.7. The fourth-order valence-corrected chi connectivity index (χ4v) is 2.75. The minimum absolute atomic E-state index is 0.0433. The fourth-order valence-electron chi connectivity index (χ4n) is 2.62. The number of pyridine rings is 1. The van der Waals surface area contributed by atoms with Gasteiger partial charge in [-0.2, -0.15) is 5.26 Å². The van der Waals surface area contributed by atoms with Crippen LogP contribution in [0.3, 0.4) is 0 Å². The minimum atomic E-state index is -0.540. The molecule has 0 unspecified atom stereocenters. The Kier molecular flexibility index (Phi) is 3.62. The van der Waals surface area contributed by atoms with Crippen LogP contribution in [0.25, 0.3) is 22.2 Å². The number of anilines is 1. The second-order valence-corrected chi connectivity index (χ2v) is 5.71. The fraction of sp³-hybridized carbons (Fsp3) is 0.125. The Bertz CT molecular complexity index is 1140. The zero-order chi connectivity index (χ0) is 17.6. The molecule has 0 bridgehead atoms. The molecule has 7 nitrogen and oxygen atoms in total. The van der Waals surface area contributed by atoms with E-state index in [9.17, 15) is 14.9 Å². The highest BCUT2D eigenvalue weighted by Crippen LogP contribution is 2.32. The number of fused-ring (bicyclic) bond motifs is 1. The predicted molar refractivity (Wildman–Crippen MR) is 91.8 cm³/mol. The number of aryl methyl sites for hydroxylation is 1. The number of nitrogens with zero attached hydrogens (tertiary/aromatic N) is 4. The van der Waals surface area contributed by atoms with Gasteiger partial charge in [0.2, 0.25) is 0 Å². The van der Waals surface area contributed by atoms with Crippen molar-refractivity contribution >= 4 is 28.5 Å². The molecule has 0 saturated heterocycles. The molecule has 0 aliphatic carbocycles. The normalized spacial score (nSPS) is 10.8. The lowest BCUT2D eigenvalue weighted by Crippen LogP contribution is -2.37. The van der Waals surface area contributed by atoms with Crippen molar-refractivity contribution in [2.75, 3.05) is 5.73 Å². The Morgan fingerprint density at radius 1 is 1.17 bits per heavy atom. The lowest BCUT2D eigenvalue weighted by molar-refractivity contribution is 0.708. The summed E-state index contributed by atoms with van der Waals surface area (Å²) in [4.78, 5) is 28.9. The summed E-state index contributed by atoms with van der Waals surface area (Å²) in [6, 6.07) is 8.65. The van der Waals surface area contributed by atoms with Gasteiger partial charge >= 0.3 is 5.69 Å². The van der Waals surface area contributed by atoms with Gasteiger partial charge in [0.1, 0.15) is 17.5 Å². The highest BCUT2D eigenvalue weighted by atomic mass is 35.5. The van der Waals surface area contributed by atoms with E-state index in [-0.39, 0.29) is 22.4 Å². The maximum Gasteiger partial charge on any atom is 0.332 e. The number of rotatable bonds is 1. The molecule has 0 saturated carbocycles. The second-order valence-electron chi connectivity index (χ2n) is 5.27. The number of aromatic nitrogens is 3. The van der Waals surface area contributed by atoms with E-state index in [0.29, 0.717) is 16.1 Å². The molecule has 0 fully saturated rings. The van der Waals surface area contributed by atoms with Crippen LogP contribution >= 0.6 is 11.6 Å². The summed E-state index contributed by atoms with van der Waals surface area (Å²) < 4.78 is 2.20. The van der Waals surface area contributed by atoms with Crippen LogP contribution < -0.4 is 17.0 Å². The summed E-state index contributed by atoms with van der Waals surface area (Å²) in [5.74, 6) is -0.0433. The monoisotopic (exact) mass is 341 g/mol. The second kappa shape index (κ2) is 5.51. The molecule has 0 atom stereocenters. The van der Waals surface area contributed by atoms with Gasteiger partial charge in [-0.15, -0.1) is 0 Å². The van der Waals surface area contributed by atoms with Crippen LogP contribution in [-0.4, -0.2) is 14.1 Å². The molecule has 0 radical (unpaired) electrons. The molecule has 0 aliphatic heterocycles. The van der Waals surface area contributed by atoms with Crippen LogP contribution in [0.5, 0.6) is 0 Å². The van der Waals surface area contributed by atoms with E-state index in [4.69, 9.17) is 17.3 Å². The standard InChI is InChI=1S/C16H12ClN5O2/c1-21-14-12(15(23)22(2)16(21)24)11(10(7-18)13(19)20-14)8-3-5-9(17)6-4-8/h3-6H,1-2H3,(H2,19,20). The van der Waals surface area contributed by atoms with Crippen LogP contribution in [0.4, 0.5) is 5.82 Å². The highest BCUT2D eigenvalue weighted by Gasteiger charge is 2.21. The van der Waals surface area contributed by atoms with E-state index in [2.05, 4.69) is 4.98 Å². The Morgan fingerprint density at radius 3 is 2.38 bits per heavy atom. The van der Waals surface area contributed by atoms with Crippen LogP contribution in [0.2, 0.25) is 5.02 Å². The largest absolute Gasteiger partial charge is 0.383 e. The lowest BCUT2D eigenvalue weighted by Gasteiger charge is -2.13. The van der Waals surface area contributed by atoms with Gasteiger partial charge in [0, 0.05) is 24.7 Å². The number of nitrogen functional groups attached to an aromatic ring is 1. The third-order valence-corrected chi connectivity index (χ3v) is 4.11. The third kappa shape index (κ3) is 2.16. The van der Waals surface area contributed by atoms with E-state index in [1.54, 1.807) is 24.3 Å². The SMILES string of the molecule is Cn1c(=O)c2c(-c3ccc(Cl)cc3)c(C#N)c(N)nc2n(C)c1=O. The summed E-state index contributed by atoms with van der Waals surface area (Å²) in [5.41, 5.74) is 5.97. The van der Waals surface area contributed by atoms with Gasteiger partial charge < -0.3 is 5.73 Å². The van der Waals surface area contributed by atoms with Crippen molar-refractivity contribution < 1.29 is 0 Å². The summed E-state index contributed by atoms with van der Waals surface area (Å²) in [6.07, 6.45) is 0. The number of hydrogen-bond donors (Lipinski definition) is 1. The van der Waals surface area contributed by atoms with Crippen LogP contribution in [-0.2, 0) is 14.1 Å². The molecular formula is C16H12ClN5O2. The average molecular weight is 342 g/mol. The van der Waals surface area contributed by atoms with Crippen LogP contribution in [0.1, 0.15) is 5.56 Å². The smallest absolute Gasteiger partial charge is 0.332 e. The van der Waals surface area contributed by atoms with Gasteiger partial charge in [-0.25, -0.2) is 9.78 Å². The molecular weight excluding hydrogens is 330 g/mol. The molecule has 1 aromatic carbocycles. The van der Waals surface area contributed by atoms with E-state index < -0.39 is 11.2 Å². The Morgan fingerprint density at radius 2 is 1.79 bits per heavy atom. The zero-order valence-corrected chi connectivity index (χ0v) is 13.6. The molecule has 2 N–H and O–H groups in total. The highest BCUT2D eigenvalue weighted by molar-refractivity contribution is 6.30. The number of halogens is 1. The quantitative estimate of drug-likeness (QED) is 0.720. The van der Waals surface area contributed by atoms with Crippen molar-refractivity contribution in [1.29, 1.82) is 5.26 Å². The topological polar surface area (TPSA) is 107 Å². The first-order chi connectivity index (χ1) is 11.4. The molecule has 120 valence electrons. The average Bonchev–Trinajstić information content (AvgIpc) is 2.57. The summed E-state index contributed by atoms with van der Waals surface area (Å²) >= 11 is 5.91. The molecule has 3 rings (SSSR count). The maximum atomic E-state index is 12.7. The Hall–Kier alpha value is -3.11. The van der Waals surface area contributed by atoms with Crippen molar-refractivity contribution in [3.05, 3.63) is 55.7 Å².